The number of rotatable bonds is 3. The van der Waals surface area contributed by atoms with E-state index in [-0.39, 0.29) is 0 Å². The van der Waals surface area contributed by atoms with Crippen molar-refractivity contribution in [2.45, 2.75) is 0 Å². The van der Waals surface area contributed by atoms with Gasteiger partial charge in [0.15, 0.2) is 0 Å². The number of hydrazine groups is 1. The maximum Gasteiger partial charge on any atom is 0.340 e. The van der Waals surface area contributed by atoms with Crippen molar-refractivity contribution >= 4 is 17.3 Å². The van der Waals surface area contributed by atoms with Crippen LogP contribution in [0.25, 0.3) is 0 Å². The van der Waals surface area contributed by atoms with E-state index >= 15 is 0 Å². The molecule has 5 nitrogen and oxygen atoms in total. The van der Waals surface area contributed by atoms with E-state index in [4.69, 9.17) is 5.73 Å². The lowest BCUT2D eigenvalue weighted by molar-refractivity contribution is 0.0601. The van der Waals surface area contributed by atoms with E-state index in [9.17, 15) is 4.79 Å². The van der Waals surface area contributed by atoms with E-state index in [0.717, 1.165) is 0 Å². The monoisotopic (exact) mass is 209 g/mol. The first-order valence-electron chi connectivity index (χ1n) is 4.46. The van der Waals surface area contributed by atoms with E-state index < -0.39 is 5.97 Å². The number of hydrogen-bond donors (Lipinski definition) is 2. The smallest absolute Gasteiger partial charge is 0.340 e. The lowest BCUT2D eigenvalue weighted by Crippen LogP contribution is -2.21. The Balaban J connectivity index is 3.08. The van der Waals surface area contributed by atoms with Gasteiger partial charge in [-0.05, 0) is 18.2 Å². The zero-order valence-corrected chi connectivity index (χ0v) is 9.07. The van der Waals surface area contributed by atoms with Crippen LogP contribution in [-0.4, -0.2) is 32.2 Å². The van der Waals surface area contributed by atoms with Crippen molar-refractivity contribution in [2.24, 2.45) is 0 Å². The fraction of sp³-hybridized carbons (Fsp3) is 0.300. The standard InChI is InChI=1S/C10H15N3O2/c1-13(2)12-9-5-4-7(11)6-8(9)10(14)15-3/h4-6,12H,11H2,1-3H3. The summed E-state index contributed by atoms with van der Waals surface area (Å²) in [5, 5.41) is 1.73. The molecular formula is C10H15N3O2. The molecule has 0 saturated heterocycles. The molecule has 82 valence electrons. The van der Waals surface area contributed by atoms with Crippen molar-refractivity contribution < 1.29 is 9.53 Å². The van der Waals surface area contributed by atoms with Crippen molar-refractivity contribution in [1.82, 2.24) is 5.01 Å². The number of benzene rings is 1. The largest absolute Gasteiger partial charge is 0.465 e. The van der Waals surface area contributed by atoms with Gasteiger partial charge in [0.2, 0.25) is 0 Å². The Hall–Kier alpha value is -1.75. The zero-order chi connectivity index (χ0) is 11.4. The third kappa shape index (κ3) is 2.85. The highest BCUT2D eigenvalue weighted by atomic mass is 16.5. The molecular weight excluding hydrogens is 194 g/mol. The summed E-state index contributed by atoms with van der Waals surface area (Å²) < 4.78 is 4.66. The van der Waals surface area contributed by atoms with Gasteiger partial charge in [0, 0.05) is 19.8 Å². The maximum atomic E-state index is 11.4. The second kappa shape index (κ2) is 4.65. The Morgan fingerprint density at radius 2 is 2.13 bits per heavy atom. The number of anilines is 2. The second-order valence-corrected chi connectivity index (χ2v) is 3.30. The van der Waals surface area contributed by atoms with E-state index in [0.29, 0.717) is 16.9 Å². The normalized spacial score (nSPS) is 10.1. The minimum absolute atomic E-state index is 0.411. The molecule has 0 atom stereocenters. The van der Waals surface area contributed by atoms with E-state index in [2.05, 4.69) is 10.2 Å². The van der Waals surface area contributed by atoms with Crippen LogP contribution in [0.5, 0.6) is 0 Å². The number of hydrogen-bond acceptors (Lipinski definition) is 5. The van der Waals surface area contributed by atoms with Crippen LogP contribution < -0.4 is 11.2 Å². The average molecular weight is 209 g/mol. The molecule has 0 heterocycles. The molecule has 0 aliphatic carbocycles. The van der Waals surface area contributed by atoms with Gasteiger partial charge in [0.25, 0.3) is 0 Å². The first kappa shape index (κ1) is 11.3. The molecule has 0 bridgehead atoms. The van der Waals surface area contributed by atoms with Gasteiger partial charge in [0.1, 0.15) is 0 Å². The number of ether oxygens (including phenoxy) is 1. The fourth-order valence-corrected chi connectivity index (χ4v) is 1.18. The Kier molecular flexibility index (Phi) is 3.51. The highest BCUT2D eigenvalue weighted by Gasteiger charge is 2.12. The van der Waals surface area contributed by atoms with E-state index in [1.54, 1.807) is 23.2 Å². The maximum absolute atomic E-state index is 11.4. The quantitative estimate of drug-likeness (QED) is 0.440. The van der Waals surface area contributed by atoms with Crippen LogP contribution in [-0.2, 0) is 4.74 Å². The molecule has 0 aromatic heterocycles. The molecule has 1 aromatic carbocycles. The molecule has 5 heteroatoms. The van der Waals surface area contributed by atoms with Crippen LogP contribution in [0, 0.1) is 0 Å². The third-order valence-corrected chi connectivity index (χ3v) is 1.79. The predicted octanol–water partition coefficient (Wildman–Crippen LogP) is 0.944. The summed E-state index contributed by atoms with van der Waals surface area (Å²) in [7, 11) is 5.00. The second-order valence-electron chi connectivity index (χ2n) is 3.30. The minimum atomic E-state index is -0.411. The van der Waals surface area contributed by atoms with Gasteiger partial charge in [-0.25, -0.2) is 9.80 Å². The third-order valence-electron chi connectivity index (χ3n) is 1.79. The minimum Gasteiger partial charge on any atom is -0.465 e. The topological polar surface area (TPSA) is 67.6 Å². The Morgan fingerprint density at radius 3 is 2.67 bits per heavy atom. The molecule has 0 aliphatic heterocycles. The molecule has 0 fully saturated rings. The van der Waals surface area contributed by atoms with Gasteiger partial charge in [-0.3, -0.25) is 0 Å². The number of carbonyl (C=O) groups is 1. The molecule has 0 spiro atoms. The van der Waals surface area contributed by atoms with Crippen molar-refractivity contribution in [3.05, 3.63) is 23.8 Å². The van der Waals surface area contributed by atoms with Crippen molar-refractivity contribution in [3.8, 4) is 0 Å². The zero-order valence-electron chi connectivity index (χ0n) is 9.07. The first-order chi connectivity index (χ1) is 7.04. The van der Waals surface area contributed by atoms with Crippen LogP contribution in [0.4, 0.5) is 11.4 Å². The number of carbonyl (C=O) groups excluding carboxylic acids is 1. The number of nitrogens with one attached hydrogen (secondary N) is 1. The molecule has 0 amide bonds. The van der Waals surface area contributed by atoms with E-state index in [1.165, 1.54) is 7.11 Å². The SMILES string of the molecule is COC(=O)c1cc(N)ccc1NN(C)C. The van der Waals surface area contributed by atoms with Gasteiger partial charge >= 0.3 is 5.97 Å². The molecule has 0 aliphatic rings. The average Bonchev–Trinajstić information content (AvgIpc) is 2.19. The lowest BCUT2D eigenvalue weighted by atomic mass is 10.1. The fourth-order valence-electron chi connectivity index (χ4n) is 1.18. The Labute approximate surface area is 88.8 Å². The van der Waals surface area contributed by atoms with Gasteiger partial charge < -0.3 is 15.9 Å². The number of nitrogens with zero attached hydrogens (tertiary/aromatic N) is 1. The summed E-state index contributed by atoms with van der Waals surface area (Å²) in [6.45, 7) is 0. The first-order valence-corrected chi connectivity index (χ1v) is 4.46. The Morgan fingerprint density at radius 1 is 1.47 bits per heavy atom. The van der Waals surface area contributed by atoms with Crippen molar-refractivity contribution in [1.29, 1.82) is 0 Å². The summed E-state index contributed by atoms with van der Waals surface area (Å²) >= 11 is 0. The lowest BCUT2D eigenvalue weighted by Gasteiger charge is -2.16. The molecule has 0 radical (unpaired) electrons. The van der Waals surface area contributed by atoms with Gasteiger partial charge in [-0.1, -0.05) is 0 Å². The predicted molar refractivity (Wildman–Crippen MR) is 59.5 cm³/mol. The summed E-state index contributed by atoms with van der Waals surface area (Å²) in [4.78, 5) is 11.4. The van der Waals surface area contributed by atoms with Gasteiger partial charge in [-0.2, -0.15) is 0 Å². The highest BCUT2D eigenvalue weighted by molar-refractivity contribution is 5.96. The molecule has 0 saturated carbocycles. The molecule has 1 aromatic rings. The van der Waals surface area contributed by atoms with Crippen molar-refractivity contribution in [3.63, 3.8) is 0 Å². The van der Waals surface area contributed by atoms with Gasteiger partial charge in [0.05, 0.1) is 18.4 Å². The van der Waals surface area contributed by atoms with Crippen molar-refractivity contribution in [2.75, 3.05) is 32.4 Å². The van der Waals surface area contributed by atoms with Crippen LogP contribution in [0.1, 0.15) is 10.4 Å². The van der Waals surface area contributed by atoms with Crippen LogP contribution in [0.3, 0.4) is 0 Å². The summed E-state index contributed by atoms with van der Waals surface area (Å²) in [5.41, 5.74) is 10.2. The molecule has 0 unspecified atom stereocenters. The number of nitrogens with two attached hydrogens (primary N) is 1. The number of methoxy groups -OCH3 is 1. The number of nitrogen functional groups attached to an aromatic ring is 1. The summed E-state index contributed by atoms with van der Waals surface area (Å²) in [5.74, 6) is -0.411. The van der Waals surface area contributed by atoms with Crippen LogP contribution in [0.15, 0.2) is 18.2 Å². The molecule has 1 rings (SSSR count). The Bertz CT molecular complexity index is 364. The van der Waals surface area contributed by atoms with E-state index in [1.807, 2.05) is 14.1 Å². The molecule has 15 heavy (non-hydrogen) atoms. The highest BCUT2D eigenvalue weighted by Crippen LogP contribution is 2.19. The van der Waals surface area contributed by atoms with Crippen LogP contribution in [0.2, 0.25) is 0 Å². The summed E-state index contributed by atoms with van der Waals surface area (Å²) in [6.07, 6.45) is 0. The summed E-state index contributed by atoms with van der Waals surface area (Å²) in [6, 6.07) is 5.04. The van der Waals surface area contributed by atoms with Crippen LogP contribution >= 0.6 is 0 Å². The molecule has 3 N–H and O–H groups in total. The number of esters is 1. The van der Waals surface area contributed by atoms with Gasteiger partial charge in [-0.15, -0.1) is 0 Å².